The van der Waals surface area contributed by atoms with E-state index in [9.17, 15) is 9.90 Å². The van der Waals surface area contributed by atoms with Crippen molar-refractivity contribution in [3.05, 3.63) is 51.5 Å². The lowest BCUT2D eigenvalue weighted by Gasteiger charge is -2.43. The smallest absolute Gasteiger partial charge is 0.309 e. The molecule has 5 heteroatoms. The third-order valence-corrected chi connectivity index (χ3v) is 6.30. The summed E-state index contributed by atoms with van der Waals surface area (Å²) in [5.41, 5.74) is 3.60. The highest BCUT2D eigenvalue weighted by Gasteiger charge is 2.38. The molecule has 0 spiro atoms. The van der Waals surface area contributed by atoms with Crippen molar-refractivity contribution in [2.24, 2.45) is 10.8 Å². The Morgan fingerprint density at radius 1 is 1.18 bits per heavy atom. The highest BCUT2D eigenvalue weighted by Crippen LogP contribution is 2.52. The van der Waals surface area contributed by atoms with Gasteiger partial charge in [0, 0.05) is 6.42 Å². The van der Waals surface area contributed by atoms with Crippen LogP contribution in [0.15, 0.2) is 35.9 Å². The highest BCUT2D eigenvalue weighted by atomic mass is 35.5. The second-order valence-corrected chi connectivity index (χ2v) is 10.2. The largest absolute Gasteiger partial charge is 0.458 e. The van der Waals surface area contributed by atoms with Gasteiger partial charge >= 0.3 is 5.97 Å². The number of hydrogen-bond acceptors (Lipinski definition) is 3. The van der Waals surface area contributed by atoms with Gasteiger partial charge in [0.2, 0.25) is 0 Å². The number of hydrogen-bond donors (Lipinski definition) is 1. The molecule has 3 nitrogen and oxygen atoms in total. The summed E-state index contributed by atoms with van der Waals surface area (Å²) in [6, 6.07) is 5.77. The zero-order chi connectivity index (χ0) is 20.7. The second kappa shape index (κ2) is 7.85. The Balaban J connectivity index is 2.04. The first-order valence-corrected chi connectivity index (χ1v) is 10.5. The minimum absolute atomic E-state index is 0.0585. The Bertz CT molecular complexity index is 836. The molecule has 1 N–H and O–H groups in total. The van der Waals surface area contributed by atoms with Gasteiger partial charge in [0.25, 0.3) is 0 Å². The Hall–Kier alpha value is -1.29. The molecule has 1 aromatic rings. The lowest BCUT2D eigenvalue weighted by Crippen LogP contribution is -2.32. The van der Waals surface area contributed by atoms with Gasteiger partial charge in [-0.3, -0.25) is 4.79 Å². The quantitative estimate of drug-likeness (QED) is 0.588. The van der Waals surface area contributed by atoms with Crippen LogP contribution in [0.5, 0.6) is 0 Å². The number of carbonyl (C=O) groups excluding carboxylic acids is 1. The molecular weight excluding hydrogens is 395 g/mol. The molecule has 1 heterocycles. The summed E-state index contributed by atoms with van der Waals surface area (Å²) in [5.74, 6) is -0.351. The van der Waals surface area contributed by atoms with Crippen LogP contribution in [0.4, 0.5) is 0 Å². The van der Waals surface area contributed by atoms with E-state index in [0.717, 1.165) is 18.4 Å². The summed E-state index contributed by atoms with van der Waals surface area (Å²) in [6.45, 7) is 9.05. The monoisotopic (exact) mass is 422 g/mol. The molecule has 1 fully saturated rings. The molecule has 2 atom stereocenters. The van der Waals surface area contributed by atoms with Crippen molar-refractivity contribution in [2.75, 3.05) is 0 Å². The first-order chi connectivity index (χ1) is 13.0. The van der Waals surface area contributed by atoms with Crippen LogP contribution in [0.1, 0.15) is 58.9 Å². The maximum Gasteiger partial charge on any atom is 0.309 e. The number of benzene rings is 1. The van der Waals surface area contributed by atoms with E-state index in [1.54, 1.807) is 0 Å². The SMILES string of the molecule is CC1(C)CC(c2ccc(Cl)c(Cl)c2)=C(C=C[C@H]2C[C@H](O)CC(=O)O2)C(C)(C)C1. The molecule has 0 radical (unpaired) electrons. The molecule has 1 aromatic carbocycles. The van der Waals surface area contributed by atoms with Gasteiger partial charge in [-0.1, -0.05) is 63.0 Å². The molecular formula is C23H28Cl2O3. The minimum Gasteiger partial charge on any atom is -0.458 e. The van der Waals surface area contributed by atoms with Gasteiger partial charge in [0.15, 0.2) is 0 Å². The third-order valence-electron chi connectivity index (χ3n) is 5.57. The molecule has 1 saturated heterocycles. The van der Waals surface area contributed by atoms with E-state index < -0.39 is 12.2 Å². The molecule has 1 aliphatic heterocycles. The van der Waals surface area contributed by atoms with Crippen LogP contribution in [-0.4, -0.2) is 23.3 Å². The maximum absolute atomic E-state index is 11.6. The summed E-state index contributed by atoms with van der Waals surface area (Å²) in [5, 5.41) is 11.0. The van der Waals surface area contributed by atoms with E-state index in [1.807, 2.05) is 24.3 Å². The summed E-state index contributed by atoms with van der Waals surface area (Å²) < 4.78 is 5.39. The molecule has 3 rings (SSSR count). The number of halogens is 2. The lowest BCUT2D eigenvalue weighted by molar-refractivity contribution is -0.156. The van der Waals surface area contributed by atoms with Gasteiger partial charge in [-0.25, -0.2) is 0 Å². The van der Waals surface area contributed by atoms with Gasteiger partial charge in [0.05, 0.1) is 22.6 Å². The number of esters is 1. The van der Waals surface area contributed by atoms with Gasteiger partial charge in [-0.05, 0) is 58.6 Å². The average Bonchev–Trinajstić information content (AvgIpc) is 2.53. The van der Waals surface area contributed by atoms with Gasteiger partial charge in [-0.15, -0.1) is 0 Å². The summed E-state index contributed by atoms with van der Waals surface area (Å²) in [6.07, 6.45) is 5.40. The minimum atomic E-state index is -0.641. The van der Waals surface area contributed by atoms with Crippen molar-refractivity contribution in [1.29, 1.82) is 0 Å². The Kier molecular flexibility index (Phi) is 6.01. The molecule has 28 heavy (non-hydrogen) atoms. The van der Waals surface area contributed by atoms with Crippen LogP contribution < -0.4 is 0 Å². The fourth-order valence-electron chi connectivity index (χ4n) is 4.73. The molecule has 2 aliphatic rings. The van der Waals surface area contributed by atoms with Crippen LogP contribution in [0.25, 0.3) is 5.57 Å². The maximum atomic E-state index is 11.6. The Morgan fingerprint density at radius 3 is 2.54 bits per heavy atom. The van der Waals surface area contributed by atoms with Crippen LogP contribution >= 0.6 is 23.2 Å². The average molecular weight is 423 g/mol. The first-order valence-electron chi connectivity index (χ1n) is 9.72. The van der Waals surface area contributed by atoms with E-state index >= 15 is 0 Å². The summed E-state index contributed by atoms with van der Waals surface area (Å²) >= 11 is 12.4. The van der Waals surface area contributed by atoms with Crippen LogP contribution in [0.2, 0.25) is 10.0 Å². The first kappa shape index (κ1) is 21.4. The van der Waals surface area contributed by atoms with Gasteiger partial charge in [-0.2, -0.15) is 0 Å². The van der Waals surface area contributed by atoms with Gasteiger partial charge < -0.3 is 9.84 Å². The zero-order valence-corrected chi connectivity index (χ0v) is 18.4. The van der Waals surface area contributed by atoms with E-state index in [1.165, 1.54) is 11.1 Å². The van der Waals surface area contributed by atoms with Crippen molar-refractivity contribution in [2.45, 2.75) is 65.6 Å². The topological polar surface area (TPSA) is 46.5 Å². The second-order valence-electron chi connectivity index (χ2n) is 9.40. The standard InChI is InChI=1S/C23H28Cl2O3/c1-22(2)12-17(14-5-8-19(24)20(25)9-14)18(23(3,4)13-22)7-6-16-10-15(26)11-21(27)28-16/h5-9,15-16,26H,10-13H2,1-4H3/t15-,16-/m0/s1. The van der Waals surface area contributed by atoms with E-state index in [0.29, 0.717) is 16.5 Å². The van der Waals surface area contributed by atoms with Crippen LogP contribution in [0, 0.1) is 10.8 Å². The number of carbonyl (C=O) groups is 1. The van der Waals surface area contributed by atoms with Crippen molar-refractivity contribution < 1.29 is 14.6 Å². The number of rotatable bonds is 3. The normalized spacial score (nSPS) is 27.2. The molecule has 0 unspecified atom stereocenters. The molecule has 0 bridgehead atoms. The molecule has 1 aliphatic carbocycles. The summed E-state index contributed by atoms with van der Waals surface area (Å²) in [7, 11) is 0. The van der Waals surface area contributed by atoms with Crippen molar-refractivity contribution >= 4 is 34.7 Å². The number of aliphatic hydroxyl groups is 1. The van der Waals surface area contributed by atoms with Crippen molar-refractivity contribution in [3.8, 4) is 0 Å². The summed E-state index contributed by atoms with van der Waals surface area (Å²) in [4.78, 5) is 11.6. The third kappa shape index (κ3) is 4.82. The Labute approximate surface area is 177 Å². The lowest BCUT2D eigenvalue weighted by atomic mass is 9.61. The number of allylic oxidation sites excluding steroid dienone is 3. The molecule has 152 valence electrons. The van der Waals surface area contributed by atoms with E-state index in [2.05, 4.69) is 33.8 Å². The number of cyclic esters (lactones) is 1. The van der Waals surface area contributed by atoms with E-state index in [4.69, 9.17) is 27.9 Å². The van der Waals surface area contributed by atoms with Gasteiger partial charge in [0.1, 0.15) is 6.10 Å². The highest BCUT2D eigenvalue weighted by molar-refractivity contribution is 6.42. The molecule has 0 amide bonds. The molecule has 0 aromatic heterocycles. The van der Waals surface area contributed by atoms with E-state index in [-0.39, 0.29) is 23.2 Å². The van der Waals surface area contributed by atoms with Crippen LogP contribution in [-0.2, 0) is 9.53 Å². The predicted molar refractivity (Wildman–Crippen MR) is 114 cm³/mol. The number of ether oxygens (including phenoxy) is 1. The van der Waals surface area contributed by atoms with Crippen molar-refractivity contribution in [1.82, 2.24) is 0 Å². The van der Waals surface area contributed by atoms with Crippen molar-refractivity contribution in [3.63, 3.8) is 0 Å². The predicted octanol–water partition coefficient (Wildman–Crippen LogP) is 6.22. The fourth-order valence-corrected chi connectivity index (χ4v) is 5.03. The molecule has 0 saturated carbocycles. The van der Waals surface area contributed by atoms with Crippen LogP contribution in [0.3, 0.4) is 0 Å². The Morgan fingerprint density at radius 2 is 1.89 bits per heavy atom. The fraction of sp³-hybridized carbons (Fsp3) is 0.522. The zero-order valence-electron chi connectivity index (χ0n) is 16.9. The number of aliphatic hydroxyl groups excluding tert-OH is 1.